The molecule has 1 N–H and O–H groups in total. The molecule has 0 saturated carbocycles. The molecular formula is C18H31NO4. The van der Waals surface area contributed by atoms with Crippen LogP contribution in [0.4, 0.5) is 4.79 Å². The number of carbonyl (C=O) groups is 1. The summed E-state index contributed by atoms with van der Waals surface area (Å²) in [7, 11) is 0. The van der Waals surface area contributed by atoms with Gasteiger partial charge in [0.05, 0.1) is 18.8 Å². The van der Waals surface area contributed by atoms with Crippen LogP contribution in [0.1, 0.15) is 66.2 Å². The Morgan fingerprint density at radius 2 is 1.83 bits per heavy atom. The lowest BCUT2D eigenvalue weighted by Crippen LogP contribution is -2.62. The first kappa shape index (κ1) is 17.0. The minimum Gasteiger partial charge on any atom is -0.444 e. The van der Waals surface area contributed by atoms with Crippen molar-refractivity contribution in [1.29, 1.82) is 0 Å². The first-order valence-corrected chi connectivity index (χ1v) is 8.91. The summed E-state index contributed by atoms with van der Waals surface area (Å²) in [5, 5.41) is 11.2. The van der Waals surface area contributed by atoms with E-state index in [2.05, 4.69) is 6.92 Å². The molecule has 5 nitrogen and oxygen atoms in total. The predicted octanol–water partition coefficient (Wildman–Crippen LogP) is 3.10. The Balaban J connectivity index is 1.71. The minimum atomic E-state index is -0.674. The summed E-state index contributed by atoms with van der Waals surface area (Å²) in [5.41, 5.74) is -1.06. The highest BCUT2D eigenvalue weighted by Crippen LogP contribution is 2.46. The fourth-order valence-corrected chi connectivity index (χ4v) is 4.63. The second-order valence-corrected chi connectivity index (χ2v) is 9.24. The van der Waals surface area contributed by atoms with Gasteiger partial charge in [0, 0.05) is 17.5 Å². The van der Waals surface area contributed by atoms with Gasteiger partial charge in [-0.25, -0.2) is 4.79 Å². The highest BCUT2D eigenvalue weighted by Gasteiger charge is 2.51. The van der Waals surface area contributed by atoms with E-state index in [9.17, 15) is 9.90 Å². The number of hydrogen-bond acceptors (Lipinski definition) is 4. The van der Waals surface area contributed by atoms with Gasteiger partial charge in [0.2, 0.25) is 0 Å². The molecule has 0 spiro atoms. The van der Waals surface area contributed by atoms with Gasteiger partial charge in [-0.2, -0.15) is 0 Å². The molecule has 0 radical (unpaired) electrons. The minimum absolute atomic E-state index is 0.0944. The molecule has 3 fully saturated rings. The van der Waals surface area contributed by atoms with Gasteiger partial charge in [0.25, 0.3) is 0 Å². The third-order valence-electron chi connectivity index (χ3n) is 5.35. The van der Waals surface area contributed by atoms with Crippen molar-refractivity contribution in [3.05, 3.63) is 0 Å². The second kappa shape index (κ2) is 5.62. The Kier molecular flexibility index (Phi) is 4.16. The molecule has 5 heteroatoms. The molecule has 2 bridgehead atoms. The third kappa shape index (κ3) is 3.66. The van der Waals surface area contributed by atoms with E-state index in [1.807, 2.05) is 25.7 Å². The smallest absolute Gasteiger partial charge is 0.410 e. The molecule has 0 aromatic carbocycles. The van der Waals surface area contributed by atoms with Crippen LogP contribution >= 0.6 is 0 Å². The Morgan fingerprint density at radius 3 is 2.26 bits per heavy atom. The van der Waals surface area contributed by atoms with Crippen molar-refractivity contribution in [2.45, 2.75) is 89.5 Å². The van der Waals surface area contributed by atoms with Gasteiger partial charge in [-0.05, 0) is 59.3 Å². The van der Waals surface area contributed by atoms with Gasteiger partial charge in [-0.1, -0.05) is 6.92 Å². The van der Waals surface area contributed by atoms with Crippen LogP contribution in [-0.2, 0) is 9.47 Å². The summed E-state index contributed by atoms with van der Waals surface area (Å²) in [6, 6.07) is 0.207. The van der Waals surface area contributed by atoms with E-state index < -0.39 is 11.2 Å². The lowest BCUT2D eigenvalue weighted by atomic mass is 9.68. The molecular weight excluding hydrogens is 294 g/mol. The number of fused-ring (bicyclic) bond motifs is 2. The zero-order valence-electron chi connectivity index (χ0n) is 14.9. The molecule has 2 unspecified atom stereocenters. The third-order valence-corrected chi connectivity index (χ3v) is 5.35. The quantitative estimate of drug-likeness (QED) is 0.847. The molecule has 2 atom stereocenters. The molecule has 3 aliphatic heterocycles. The monoisotopic (exact) mass is 325 g/mol. The first-order valence-electron chi connectivity index (χ1n) is 8.91. The molecule has 23 heavy (non-hydrogen) atoms. The van der Waals surface area contributed by atoms with E-state index in [0.29, 0.717) is 12.8 Å². The summed E-state index contributed by atoms with van der Waals surface area (Å²) in [6.45, 7) is 9.36. The number of nitrogens with zero attached hydrogens (tertiary/aromatic N) is 1. The zero-order chi connectivity index (χ0) is 16.9. The largest absolute Gasteiger partial charge is 0.444 e. The maximum atomic E-state index is 12.6. The fraction of sp³-hybridized carbons (Fsp3) is 0.944. The zero-order valence-corrected chi connectivity index (χ0v) is 14.9. The molecule has 3 rings (SSSR count). The Morgan fingerprint density at radius 1 is 1.26 bits per heavy atom. The van der Waals surface area contributed by atoms with Gasteiger partial charge in [0.1, 0.15) is 5.60 Å². The lowest BCUT2D eigenvalue weighted by Gasteiger charge is -2.54. The van der Waals surface area contributed by atoms with Crippen molar-refractivity contribution >= 4 is 6.09 Å². The van der Waals surface area contributed by atoms with E-state index in [4.69, 9.17) is 9.47 Å². The highest BCUT2D eigenvalue weighted by atomic mass is 16.6. The number of rotatable bonds is 2. The number of carbonyl (C=O) groups excluding carboxylic acids is 1. The van der Waals surface area contributed by atoms with E-state index in [-0.39, 0.29) is 23.6 Å². The average molecular weight is 325 g/mol. The first-order chi connectivity index (χ1) is 10.6. The Hall–Kier alpha value is -0.810. The number of ether oxygens (including phenoxy) is 2. The van der Waals surface area contributed by atoms with E-state index in [0.717, 1.165) is 38.9 Å². The fourth-order valence-electron chi connectivity index (χ4n) is 4.63. The van der Waals surface area contributed by atoms with Crippen LogP contribution < -0.4 is 0 Å². The van der Waals surface area contributed by atoms with Crippen LogP contribution in [0.2, 0.25) is 0 Å². The van der Waals surface area contributed by atoms with Gasteiger partial charge < -0.3 is 19.5 Å². The van der Waals surface area contributed by atoms with Crippen LogP contribution in [0.25, 0.3) is 0 Å². The molecule has 0 aromatic heterocycles. The standard InChI is InChI=1S/C18H31NO4/c1-16(2,3)23-15(20)19-13-6-5-7-14(19)9-18(21,8-13)10-17(4)11-22-12-17/h13-14,21H,5-12H2,1-4H3. The summed E-state index contributed by atoms with van der Waals surface area (Å²) >= 11 is 0. The molecule has 3 aliphatic rings. The summed E-state index contributed by atoms with van der Waals surface area (Å²) < 4.78 is 10.9. The molecule has 3 saturated heterocycles. The van der Waals surface area contributed by atoms with Gasteiger partial charge >= 0.3 is 6.09 Å². The Bertz CT molecular complexity index is 452. The van der Waals surface area contributed by atoms with Crippen LogP contribution in [0.15, 0.2) is 0 Å². The molecule has 0 aromatic rings. The van der Waals surface area contributed by atoms with E-state index in [1.54, 1.807) is 0 Å². The molecule has 1 amide bonds. The molecule has 3 heterocycles. The van der Waals surface area contributed by atoms with Crippen LogP contribution in [0.3, 0.4) is 0 Å². The summed E-state index contributed by atoms with van der Waals surface area (Å²) in [5.74, 6) is 0. The maximum Gasteiger partial charge on any atom is 0.410 e. The van der Waals surface area contributed by atoms with E-state index in [1.165, 1.54) is 0 Å². The second-order valence-electron chi connectivity index (χ2n) is 9.24. The summed E-state index contributed by atoms with van der Waals surface area (Å²) in [6.07, 6.45) is 4.94. The van der Waals surface area contributed by atoms with Crippen LogP contribution in [-0.4, -0.2) is 52.6 Å². The SMILES string of the molecule is CC1(CC2(O)CC3CCCC(C2)N3C(=O)OC(C)(C)C)COC1. The van der Waals surface area contributed by atoms with Crippen molar-refractivity contribution in [2.24, 2.45) is 5.41 Å². The number of piperidine rings is 2. The van der Waals surface area contributed by atoms with Crippen molar-refractivity contribution in [1.82, 2.24) is 4.90 Å². The highest BCUT2D eigenvalue weighted by molar-refractivity contribution is 5.69. The van der Waals surface area contributed by atoms with Crippen LogP contribution in [0, 0.1) is 5.41 Å². The van der Waals surface area contributed by atoms with Crippen molar-refractivity contribution in [3.8, 4) is 0 Å². The average Bonchev–Trinajstić information content (AvgIpc) is 2.33. The number of aliphatic hydroxyl groups is 1. The van der Waals surface area contributed by atoms with Crippen LogP contribution in [0.5, 0.6) is 0 Å². The van der Waals surface area contributed by atoms with Crippen molar-refractivity contribution < 1.29 is 19.4 Å². The number of hydrogen-bond donors (Lipinski definition) is 1. The Labute approximate surface area is 139 Å². The normalized spacial score (nSPS) is 36.3. The van der Waals surface area contributed by atoms with Crippen molar-refractivity contribution in [2.75, 3.05) is 13.2 Å². The lowest BCUT2D eigenvalue weighted by molar-refractivity contribution is -0.166. The number of amides is 1. The van der Waals surface area contributed by atoms with E-state index >= 15 is 0 Å². The van der Waals surface area contributed by atoms with Gasteiger partial charge in [-0.3, -0.25) is 0 Å². The van der Waals surface area contributed by atoms with Gasteiger partial charge in [-0.15, -0.1) is 0 Å². The topological polar surface area (TPSA) is 59.0 Å². The molecule has 0 aliphatic carbocycles. The maximum absolute atomic E-state index is 12.6. The summed E-state index contributed by atoms with van der Waals surface area (Å²) in [4.78, 5) is 14.5. The van der Waals surface area contributed by atoms with Gasteiger partial charge in [0.15, 0.2) is 0 Å². The molecule has 132 valence electrons. The van der Waals surface area contributed by atoms with Crippen molar-refractivity contribution in [3.63, 3.8) is 0 Å². The predicted molar refractivity (Wildman–Crippen MR) is 87.2 cm³/mol.